The summed E-state index contributed by atoms with van der Waals surface area (Å²) in [5, 5.41) is 0. The van der Waals surface area contributed by atoms with Crippen molar-refractivity contribution in [1.29, 1.82) is 0 Å². The van der Waals surface area contributed by atoms with E-state index in [4.69, 9.17) is 4.42 Å². The van der Waals surface area contributed by atoms with Crippen LogP contribution < -0.4 is 4.72 Å². The van der Waals surface area contributed by atoms with Crippen LogP contribution >= 0.6 is 0 Å². The molecule has 5 rings (SSSR count). The first kappa shape index (κ1) is 23.0. The number of oxazole rings is 1. The predicted octanol–water partition coefficient (Wildman–Crippen LogP) is 5.10. The molecule has 0 aliphatic carbocycles. The van der Waals surface area contributed by atoms with Crippen molar-refractivity contribution in [2.24, 2.45) is 0 Å². The van der Waals surface area contributed by atoms with Crippen LogP contribution in [0.3, 0.4) is 0 Å². The molecule has 0 atom stereocenters. The second kappa shape index (κ2) is 9.14. The van der Waals surface area contributed by atoms with E-state index in [9.17, 15) is 17.6 Å². The Morgan fingerprint density at radius 3 is 2.46 bits per heavy atom. The number of nitrogens with one attached hydrogen (secondary N) is 1. The first-order chi connectivity index (χ1) is 16.8. The Hall–Kier alpha value is -3.72. The molecule has 0 unspecified atom stereocenters. The van der Waals surface area contributed by atoms with Crippen LogP contribution in [0.25, 0.3) is 11.1 Å². The van der Waals surface area contributed by atoms with Gasteiger partial charge >= 0.3 is 0 Å². The van der Waals surface area contributed by atoms with Gasteiger partial charge in [-0.05, 0) is 79.9 Å². The van der Waals surface area contributed by atoms with Crippen molar-refractivity contribution in [3.63, 3.8) is 0 Å². The summed E-state index contributed by atoms with van der Waals surface area (Å²) in [6.07, 6.45) is 1.51. The van der Waals surface area contributed by atoms with Crippen LogP contribution in [-0.2, 0) is 10.0 Å². The second-order valence-electron chi connectivity index (χ2n) is 8.68. The molecule has 0 saturated carbocycles. The van der Waals surface area contributed by atoms with Crippen LogP contribution in [0.1, 0.15) is 40.6 Å². The van der Waals surface area contributed by atoms with E-state index in [1.54, 1.807) is 29.2 Å². The number of sulfonamides is 1. The first-order valence-electron chi connectivity index (χ1n) is 11.3. The molecule has 7 nitrogen and oxygen atoms in total. The number of hydrogen-bond acceptors (Lipinski definition) is 5. The number of anilines is 1. The van der Waals surface area contributed by atoms with E-state index in [1.165, 1.54) is 19.1 Å². The minimum Gasteiger partial charge on any atom is -0.440 e. The van der Waals surface area contributed by atoms with Gasteiger partial charge < -0.3 is 9.32 Å². The van der Waals surface area contributed by atoms with Gasteiger partial charge in [0.25, 0.3) is 15.9 Å². The largest absolute Gasteiger partial charge is 0.440 e. The standard InChI is InChI=1S/C26H24FN3O4S/c1-17-16-21(10-11-22(17)27)35(32,33)29-20-8-6-19(7-9-20)26(31)30-14-12-18(13-15-30)25-28-23-4-2-3-5-24(23)34-25/h2-11,16,18,29H,12-15H2,1H3. The molecule has 2 heterocycles. The molecule has 0 bridgehead atoms. The number of halogens is 1. The zero-order valence-corrected chi connectivity index (χ0v) is 19.9. The maximum Gasteiger partial charge on any atom is 0.261 e. The highest BCUT2D eigenvalue weighted by molar-refractivity contribution is 7.92. The molecule has 35 heavy (non-hydrogen) atoms. The third kappa shape index (κ3) is 4.77. The van der Waals surface area contributed by atoms with Crippen LogP contribution in [-0.4, -0.2) is 37.3 Å². The number of fused-ring (bicyclic) bond motifs is 1. The van der Waals surface area contributed by atoms with E-state index in [0.717, 1.165) is 30.0 Å². The van der Waals surface area contributed by atoms with E-state index in [2.05, 4.69) is 9.71 Å². The fourth-order valence-corrected chi connectivity index (χ4v) is 5.40. The van der Waals surface area contributed by atoms with E-state index >= 15 is 0 Å². The Balaban J connectivity index is 1.21. The lowest BCUT2D eigenvalue weighted by atomic mass is 9.96. The fraction of sp³-hybridized carbons (Fsp3) is 0.231. The van der Waals surface area contributed by atoms with Gasteiger partial charge in [-0.1, -0.05) is 12.1 Å². The van der Waals surface area contributed by atoms with E-state index < -0.39 is 15.8 Å². The third-order valence-corrected chi connectivity index (χ3v) is 7.64. The number of likely N-dealkylation sites (tertiary alicyclic amines) is 1. The second-order valence-corrected chi connectivity index (χ2v) is 10.4. The molecule has 1 aliphatic rings. The van der Waals surface area contributed by atoms with E-state index in [0.29, 0.717) is 30.2 Å². The Kier molecular flexibility index (Phi) is 6.02. The molecule has 1 N–H and O–H groups in total. The smallest absolute Gasteiger partial charge is 0.261 e. The number of carbonyl (C=O) groups is 1. The number of benzene rings is 3. The first-order valence-corrected chi connectivity index (χ1v) is 12.8. The summed E-state index contributed by atoms with van der Waals surface area (Å²) in [5.74, 6) is 0.305. The van der Waals surface area contributed by atoms with Gasteiger partial charge in [-0.3, -0.25) is 9.52 Å². The van der Waals surface area contributed by atoms with Crippen LogP contribution in [0, 0.1) is 12.7 Å². The van der Waals surface area contributed by atoms with Gasteiger partial charge in [0.2, 0.25) is 0 Å². The van der Waals surface area contributed by atoms with Gasteiger partial charge in [-0.25, -0.2) is 17.8 Å². The van der Waals surface area contributed by atoms with Gasteiger partial charge in [-0.2, -0.15) is 0 Å². The van der Waals surface area contributed by atoms with Crippen molar-refractivity contribution in [2.75, 3.05) is 17.8 Å². The molecule has 1 amide bonds. The van der Waals surface area contributed by atoms with Crippen molar-refractivity contribution in [3.8, 4) is 0 Å². The minimum absolute atomic E-state index is 0.0293. The zero-order chi connectivity index (χ0) is 24.6. The number of rotatable bonds is 5. The molecule has 4 aromatic rings. The maximum absolute atomic E-state index is 13.5. The fourth-order valence-electron chi connectivity index (χ4n) is 4.26. The quantitative estimate of drug-likeness (QED) is 0.418. The lowest BCUT2D eigenvalue weighted by molar-refractivity contribution is 0.0706. The number of piperidine rings is 1. The maximum atomic E-state index is 13.5. The average Bonchev–Trinajstić information content (AvgIpc) is 3.30. The van der Waals surface area contributed by atoms with Crippen molar-refractivity contribution in [1.82, 2.24) is 9.88 Å². The van der Waals surface area contributed by atoms with Crippen LogP contribution in [0.4, 0.5) is 10.1 Å². The molecule has 0 spiro atoms. The number of carbonyl (C=O) groups excluding carboxylic acids is 1. The Morgan fingerprint density at radius 1 is 1.06 bits per heavy atom. The number of hydrogen-bond donors (Lipinski definition) is 1. The topological polar surface area (TPSA) is 92.5 Å². The van der Waals surface area contributed by atoms with Gasteiger partial charge in [0, 0.05) is 30.3 Å². The molecule has 1 aromatic heterocycles. The lowest BCUT2D eigenvalue weighted by Gasteiger charge is -2.30. The van der Waals surface area contributed by atoms with Gasteiger partial charge in [-0.15, -0.1) is 0 Å². The summed E-state index contributed by atoms with van der Waals surface area (Å²) in [4.78, 5) is 19.3. The average molecular weight is 494 g/mol. The molecule has 3 aromatic carbocycles. The van der Waals surface area contributed by atoms with Crippen molar-refractivity contribution in [2.45, 2.75) is 30.6 Å². The lowest BCUT2D eigenvalue weighted by Crippen LogP contribution is -2.38. The highest BCUT2D eigenvalue weighted by Crippen LogP contribution is 2.30. The molecule has 0 radical (unpaired) electrons. The molecular formula is C26H24FN3O4S. The monoisotopic (exact) mass is 493 g/mol. The highest BCUT2D eigenvalue weighted by atomic mass is 32.2. The summed E-state index contributed by atoms with van der Waals surface area (Å²) < 4.78 is 47.1. The van der Waals surface area contributed by atoms with Crippen LogP contribution in [0.15, 0.2) is 76.0 Å². The summed E-state index contributed by atoms with van der Waals surface area (Å²) in [6, 6.07) is 17.6. The normalized spacial score (nSPS) is 14.9. The van der Waals surface area contributed by atoms with Crippen LogP contribution in [0.2, 0.25) is 0 Å². The summed E-state index contributed by atoms with van der Waals surface area (Å²) in [5.41, 5.74) is 2.65. The van der Waals surface area contributed by atoms with Gasteiger partial charge in [0.15, 0.2) is 11.5 Å². The molecule has 1 saturated heterocycles. The Morgan fingerprint density at radius 2 is 1.77 bits per heavy atom. The number of aromatic nitrogens is 1. The van der Waals surface area contributed by atoms with Gasteiger partial charge in [0.1, 0.15) is 11.3 Å². The number of nitrogens with zero attached hydrogens (tertiary/aromatic N) is 2. The van der Waals surface area contributed by atoms with Crippen molar-refractivity contribution < 1.29 is 22.0 Å². The number of amides is 1. The number of aryl methyl sites for hydroxylation is 1. The summed E-state index contributed by atoms with van der Waals surface area (Å²) >= 11 is 0. The van der Waals surface area contributed by atoms with E-state index in [1.807, 2.05) is 24.3 Å². The molecule has 1 fully saturated rings. The third-order valence-electron chi connectivity index (χ3n) is 6.27. The van der Waals surface area contributed by atoms with E-state index in [-0.39, 0.29) is 22.3 Å². The number of para-hydroxylation sites is 2. The molecule has 1 aliphatic heterocycles. The summed E-state index contributed by atoms with van der Waals surface area (Å²) in [7, 11) is -3.88. The Bertz CT molecular complexity index is 1460. The van der Waals surface area contributed by atoms with Crippen LogP contribution in [0.5, 0.6) is 0 Å². The predicted molar refractivity (Wildman–Crippen MR) is 130 cm³/mol. The van der Waals surface area contributed by atoms with Crippen molar-refractivity contribution in [3.05, 3.63) is 89.6 Å². The molecular weight excluding hydrogens is 469 g/mol. The Labute approximate surface area is 202 Å². The summed E-state index contributed by atoms with van der Waals surface area (Å²) in [6.45, 7) is 2.67. The molecule has 180 valence electrons. The van der Waals surface area contributed by atoms with Gasteiger partial charge in [0.05, 0.1) is 4.90 Å². The minimum atomic E-state index is -3.88. The molecule has 9 heteroatoms. The highest BCUT2D eigenvalue weighted by Gasteiger charge is 2.27. The SMILES string of the molecule is Cc1cc(S(=O)(=O)Nc2ccc(C(=O)N3CCC(c4nc5ccccc5o4)CC3)cc2)ccc1F. The van der Waals surface area contributed by atoms with Crippen molar-refractivity contribution >= 4 is 32.7 Å². The zero-order valence-electron chi connectivity index (χ0n) is 19.1.